The van der Waals surface area contributed by atoms with Gasteiger partial charge in [-0.1, -0.05) is 0 Å². The highest BCUT2D eigenvalue weighted by Crippen LogP contribution is 2.60. The van der Waals surface area contributed by atoms with E-state index in [1.807, 2.05) is 0 Å². The molecule has 3 aliphatic rings. The Hall–Kier alpha value is -0.330. The van der Waals surface area contributed by atoms with Crippen LogP contribution in [0.1, 0.15) is 44.9 Å². The maximum absolute atomic E-state index is 10.3. The number of rotatable bonds is 3. The normalized spacial score (nSPS) is 45.7. The third-order valence-electron chi connectivity index (χ3n) is 5.18. The molecule has 0 N–H and O–H groups in total. The van der Waals surface area contributed by atoms with Crippen molar-refractivity contribution in [3.05, 3.63) is 0 Å². The van der Waals surface area contributed by atoms with Gasteiger partial charge in [-0.2, -0.15) is 0 Å². The van der Waals surface area contributed by atoms with Crippen LogP contribution in [-0.4, -0.2) is 6.29 Å². The van der Waals surface area contributed by atoms with Crippen molar-refractivity contribution in [1.29, 1.82) is 0 Å². The zero-order chi connectivity index (χ0) is 9.54. The number of hydrogen-bond donors (Lipinski definition) is 0. The Morgan fingerprint density at radius 1 is 1.00 bits per heavy atom. The lowest BCUT2D eigenvalue weighted by Gasteiger charge is -2.23. The van der Waals surface area contributed by atoms with Crippen molar-refractivity contribution in [2.24, 2.45) is 29.6 Å². The number of aldehydes is 1. The first-order valence-corrected chi connectivity index (χ1v) is 6.32. The molecule has 3 fully saturated rings. The Morgan fingerprint density at radius 2 is 1.64 bits per heavy atom. The first kappa shape index (κ1) is 8.94. The van der Waals surface area contributed by atoms with E-state index in [0.29, 0.717) is 0 Å². The summed E-state index contributed by atoms with van der Waals surface area (Å²) in [5, 5.41) is 0. The molecule has 14 heavy (non-hydrogen) atoms. The molecular formula is C13H20O. The van der Waals surface area contributed by atoms with E-state index in [9.17, 15) is 4.79 Å². The second-order valence-electron chi connectivity index (χ2n) is 5.74. The monoisotopic (exact) mass is 192 g/mol. The van der Waals surface area contributed by atoms with E-state index in [0.717, 1.165) is 42.3 Å². The van der Waals surface area contributed by atoms with E-state index < -0.39 is 0 Å². The molecule has 0 aromatic heterocycles. The average Bonchev–Trinajstić information content (AvgIpc) is 2.85. The van der Waals surface area contributed by atoms with Crippen molar-refractivity contribution < 1.29 is 4.79 Å². The van der Waals surface area contributed by atoms with Gasteiger partial charge in [-0.3, -0.25) is 0 Å². The van der Waals surface area contributed by atoms with Crippen LogP contribution in [0, 0.1) is 29.6 Å². The van der Waals surface area contributed by atoms with Crippen LogP contribution in [0.25, 0.3) is 0 Å². The predicted molar refractivity (Wildman–Crippen MR) is 55.8 cm³/mol. The molecule has 3 aliphatic carbocycles. The SMILES string of the molecule is O=CCCC1C[C@@H]2[C@@H]3CC[C@H](C3)[C@H]2C1. The van der Waals surface area contributed by atoms with Crippen molar-refractivity contribution >= 4 is 6.29 Å². The number of fused-ring (bicyclic) bond motifs is 5. The van der Waals surface area contributed by atoms with E-state index in [4.69, 9.17) is 0 Å². The van der Waals surface area contributed by atoms with Crippen molar-refractivity contribution in [3.8, 4) is 0 Å². The summed E-state index contributed by atoms with van der Waals surface area (Å²) in [4.78, 5) is 10.3. The van der Waals surface area contributed by atoms with Gasteiger partial charge in [0.1, 0.15) is 6.29 Å². The fraction of sp³-hybridized carbons (Fsp3) is 0.923. The van der Waals surface area contributed by atoms with Crippen LogP contribution in [0.15, 0.2) is 0 Å². The Morgan fingerprint density at radius 3 is 2.21 bits per heavy atom. The molecule has 0 amide bonds. The molecule has 0 saturated heterocycles. The fourth-order valence-electron chi connectivity index (χ4n) is 4.67. The van der Waals surface area contributed by atoms with Gasteiger partial charge in [-0.15, -0.1) is 0 Å². The quantitative estimate of drug-likeness (QED) is 0.628. The van der Waals surface area contributed by atoms with Gasteiger partial charge in [0.25, 0.3) is 0 Å². The van der Waals surface area contributed by atoms with Gasteiger partial charge in [0.15, 0.2) is 0 Å². The molecule has 0 radical (unpaired) electrons. The molecule has 1 heteroatoms. The zero-order valence-corrected chi connectivity index (χ0v) is 8.82. The van der Waals surface area contributed by atoms with Crippen LogP contribution in [0.2, 0.25) is 0 Å². The molecule has 3 saturated carbocycles. The summed E-state index contributed by atoms with van der Waals surface area (Å²) in [6.45, 7) is 0. The Kier molecular flexibility index (Phi) is 2.14. The summed E-state index contributed by atoms with van der Waals surface area (Å²) < 4.78 is 0. The molecule has 0 aromatic rings. The van der Waals surface area contributed by atoms with Gasteiger partial charge < -0.3 is 4.79 Å². The highest BCUT2D eigenvalue weighted by atomic mass is 16.1. The van der Waals surface area contributed by atoms with Gasteiger partial charge >= 0.3 is 0 Å². The summed E-state index contributed by atoms with van der Waals surface area (Å²) in [5.74, 6) is 5.23. The number of hydrogen-bond acceptors (Lipinski definition) is 1. The van der Waals surface area contributed by atoms with E-state index in [-0.39, 0.29) is 0 Å². The maximum Gasteiger partial charge on any atom is 0.120 e. The van der Waals surface area contributed by atoms with E-state index in [1.165, 1.54) is 32.1 Å². The molecule has 0 aliphatic heterocycles. The van der Waals surface area contributed by atoms with Gasteiger partial charge in [0.05, 0.1) is 0 Å². The zero-order valence-electron chi connectivity index (χ0n) is 8.82. The molecule has 2 bridgehead atoms. The van der Waals surface area contributed by atoms with Crippen molar-refractivity contribution in [2.45, 2.75) is 44.9 Å². The molecule has 0 spiro atoms. The molecule has 3 rings (SSSR count). The van der Waals surface area contributed by atoms with Gasteiger partial charge in [0, 0.05) is 6.42 Å². The lowest BCUT2D eigenvalue weighted by molar-refractivity contribution is -0.108. The van der Waals surface area contributed by atoms with Crippen molar-refractivity contribution in [3.63, 3.8) is 0 Å². The van der Waals surface area contributed by atoms with E-state index in [1.54, 1.807) is 6.42 Å². The van der Waals surface area contributed by atoms with Gasteiger partial charge in [-0.25, -0.2) is 0 Å². The third-order valence-corrected chi connectivity index (χ3v) is 5.18. The molecule has 0 unspecified atom stereocenters. The fourth-order valence-corrected chi connectivity index (χ4v) is 4.67. The molecule has 78 valence electrons. The lowest BCUT2D eigenvalue weighted by Crippen LogP contribution is -2.15. The molecular weight excluding hydrogens is 172 g/mol. The van der Waals surface area contributed by atoms with Crippen LogP contribution in [0.3, 0.4) is 0 Å². The number of carbonyl (C=O) groups is 1. The van der Waals surface area contributed by atoms with Crippen LogP contribution < -0.4 is 0 Å². The van der Waals surface area contributed by atoms with Crippen molar-refractivity contribution in [2.75, 3.05) is 0 Å². The van der Waals surface area contributed by atoms with Crippen LogP contribution in [-0.2, 0) is 4.79 Å². The summed E-state index contributed by atoms with van der Waals surface area (Å²) in [6, 6.07) is 0. The first-order valence-electron chi connectivity index (χ1n) is 6.32. The average molecular weight is 192 g/mol. The minimum absolute atomic E-state index is 0.805. The van der Waals surface area contributed by atoms with E-state index >= 15 is 0 Å². The summed E-state index contributed by atoms with van der Waals surface area (Å²) in [6.07, 6.45) is 10.6. The highest BCUT2D eigenvalue weighted by Gasteiger charge is 2.51. The van der Waals surface area contributed by atoms with Gasteiger partial charge in [-0.05, 0) is 68.1 Å². The van der Waals surface area contributed by atoms with Crippen LogP contribution in [0.4, 0.5) is 0 Å². The molecule has 0 aromatic carbocycles. The summed E-state index contributed by atoms with van der Waals surface area (Å²) in [7, 11) is 0. The maximum atomic E-state index is 10.3. The Bertz CT molecular complexity index is 217. The first-order chi connectivity index (χ1) is 6.88. The van der Waals surface area contributed by atoms with Crippen molar-refractivity contribution in [1.82, 2.24) is 0 Å². The molecule has 1 nitrogen and oxygen atoms in total. The second kappa shape index (κ2) is 3.36. The Balaban J connectivity index is 1.62. The van der Waals surface area contributed by atoms with E-state index in [2.05, 4.69) is 0 Å². The largest absolute Gasteiger partial charge is 0.303 e. The third kappa shape index (κ3) is 1.24. The minimum Gasteiger partial charge on any atom is -0.303 e. The second-order valence-corrected chi connectivity index (χ2v) is 5.74. The van der Waals surface area contributed by atoms with Crippen LogP contribution >= 0.6 is 0 Å². The number of carbonyl (C=O) groups excluding carboxylic acids is 1. The lowest BCUT2D eigenvalue weighted by atomic mass is 9.82. The predicted octanol–water partition coefficient (Wildman–Crippen LogP) is 3.04. The Labute approximate surface area is 86.3 Å². The summed E-state index contributed by atoms with van der Waals surface area (Å²) >= 11 is 0. The molecule has 0 heterocycles. The standard InChI is InChI=1S/C13H20O/c14-5-1-2-9-6-12-10-3-4-11(8-10)13(12)7-9/h5,9-13H,1-4,6-8H2/t10-,11-,12-,13-/m1/s1. The van der Waals surface area contributed by atoms with Crippen LogP contribution in [0.5, 0.6) is 0 Å². The summed E-state index contributed by atoms with van der Waals surface area (Å²) in [5.41, 5.74) is 0. The van der Waals surface area contributed by atoms with Gasteiger partial charge in [0.2, 0.25) is 0 Å². The molecule has 4 atom stereocenters. The highest BCUT2D eigenvalue weighted by molar-refractivity contribution is 5.49. The minimum atomic E-state index is 0.805. The topological polar surface area (TPSA) is 17.1 Å². The smallest absolute Gasteiger partial charge is 0.120 e.